The molecular formula is C32H35N7O3. The number of hydrogen-bond donors (Lipinski definition) is 4. The number of hydrogen-bond acceptors (Lipinski definition) is 6. The van der Waals surface area contributed by atoms with Gasteiger partial charge in [0.05, 0.1) is 41.9 Å². The van der Waals surface area contributed by atoms with Crippen molar-refractivity contribution in [2.75, 3.05) is 44.6 Å². The normalized spacial score (nSPS) is 14.4. The van der Waals surface area contributed by atoms with Crippen LogP contribution in [0.25, 0.3) is 22.2 Å². The summed E-state index contributed by atoms with van der Waals surface area (Å²) < 4.78 is 1.73. The molecule has 0 saturated carbocycles. The Hall–Kier alpha value is -4.51. The van der Waals surface area contributed by atoms with Gasteiger partial charge in [-0.25, -0.2) is 0 Å². The molecule has 0 spiro atoms. The van der Waals surface area contributed by atoms with Crippen LogP contribution in [0.4, 0.5) is 5.69 Å². The van der Waals surface area contributed by atoms with Gasteiger partial charge in [-0.2, -0.15) is 5.10 Å². The molecule has 1 aliphatic rings. The molecule has 4 heterocycles. The van der Waals surface area contributed by atoms with Crippen molar-refractivity contribution in [3.8, 4) is 11.3 Å². The van der Waals surface area contributed by atoms with Crippen molar-refractivity contribution in [2.45, 2.75) is 20.0 Å². The van der Waals surface area contributed by atoms with Crippen LogP contribution in [0, 0.1) is 6.92 Å². The molecule has 3 aromatic heterocycles. The van der Waals surface area contributed by atoms with E-state index < -0.39 is 0 Å². The van der Waals surface area contributed by atoms with E-state index in [1.54, 1.807) is 23.1 Å². The minimum Gasteiger partial charge on any atom is -0.395 e. The Morgan fingerprint density at radius 1 is 0.976 bits per heavy atom. The number of H-pyrrole nitrogens is 2. The maximum atomic E-state index is 13.0. The molecule has 10 heteroatoms. The topological polar surface area (TPSA) is 122 Å². The zero-order chi connectivity index (χ0) is 29.1. The average Bonchev–Trinajstić information content (AvgIpc) is 3.63. The van der Waals surface area contributed by atoms with E-state index in [9.17, 15) is 9.59 Å². The smallest absolute Gasteiger partial charge is 0.258 e. The highest BCUT2D eigenvalue weighted by Gasteiger charge is 2.17. The van der Waals surface area contributed by atoms with Gasteiger partial charge in [-0.1, -0.05) is 35.9 Å². The number of nitrogens with zero attached hydrogens (tertiary/aromatic N) is 4. The molecule has 42 heavy (non-hydrogen) atoms. The Balaban J connectivity index is 1.13. The van der Waals surface area contributed by atoms with Crippen LogP contribution in [0.15, 0.2) is 78.0 Å². The summed E-state index contributed by atoms with van der Waals surface area (Å²) in [5.41, 5.74) is 6.25. The van der Waals surface area contributed by atoms with Gasteiger partial charge in [0.2, 0.25) is 0 Å². The third-order valence-corrected chi connectivity index (χ3v) is 7.78. The molecular weight excluding hydrogens is 530 g/mol. The monoisotopic (exact) mass is 565 g/mol. The fourth-order valence-corrected chi connectivity index (χ4v) is 5.40. The number of amides is 1. The number of aromatic amines is 2. The SMILES string of the molecule is Cc1ccc(Cn2cc(C(=O)Nc3c[nH]c(=O)c(-c4cc5cc(CN6CCN(CCO)CC6)ccc5[nH]4)c3)cn2)cc1. The van der Waals surface area contributed by atoms with E-state index in [1.807, 2.05) is 31.2 Å². The summed E-state index contributed by atoms with van der Waals surface area (Å²) in [5, 5.41) is 17.4. The van der Waals surface area contributed by atoms with Crippen LogP contribution in [-0.4, -0.2) is 79.9 Å². The van der Waals surface area contributed by atoms with Crippen LogP contribution in [-0.2, 0) is 13.1 Å². The third-order valence-electron chi connectivity index (χ3n) is 7.78. The molecule has 10 nitrogen and oxygen atoms in total. The number of anilines is 1. The number of benzene rings is 2. The Morgan fingerprint density at radius 2 is 1.74 bits per heavy atom. The summed E-state index contributed by atoms with van der Waals surface area (Å²) in [5.74, 6) is -0.304. The van der Waals surface area contributed by atoms with Crippen LogP contribution < -0.4 is 10.9 Å². The summed E-state index contributed by atoms with van der Waals surface area (Å²) in [4.78, 5) is 36.6. The van der Waals surface area contributed by atoms with E-state index in [-0.39, 0.29) is 18.1 Å². The van der Waals surface area contributed by atoms with Crippen molar-refractivity contribution in [3.63, 3.8) is 0 Å². The van der Waals surface area contributed by atoms with E-state index in [1.165, 1.54) is 17.3 Å². The number of carbonyl (C=O) groups excluding carboxylic acids is 1. The Labute approximate surface area is 243 Å². The number of nitrogens with one attached hydrogen (secondary N) is 3. The van der Waals surface area contributed by atoms with Gasteiger partial charge in [-0.15, -0.1) is 0 Å². The Bertz CT molecular complexity index is 1740. The number of carbonyl (C=O) groups is 1. The number of aliphatic hydroxyl groups excluding tert-OH is 1. The van der Waals surface area contributed by atoms with E-state index in [0.29, 0.717) is 29.1 Å². The fraction of sp³-hybridized carbons (Fsp3) is 0.281. The first-order valence-corrected chi connectivity index (χ1v) is 14.2. The van der Waals surface area contributed by atoms with Crippen LogP contribution >= 0.6 is 0 Å². The summed E-state index contributed by atoms with van der Waals surface area (Å²) >= 11 is 0. The second-order valence-electron chi connectivity index (χ2n) is 10.9. The molecule has 2 aromatic carbocycles. The summed E-state index contributed by atoms with van der Waals surface area (Å²) in [6.45, 7) is 8.26. The highest BCUT2D eigenvalue weighted by atomic mass is 16.3. The van der Waals surface area contributed by atoms with Crippen molar-refractivity contribution in [3.05, 3.63) is 106 Å². The minimum absolute atomic E-state index is 0.200. The molecule has 1 saturated heterocycles. The molecule has 1 fully saturated rings. The lowest BCUT2D eigenvalue weighted by Crippen LogP contribution is -2.46. The molecule has 0 unspecified atom stereocenters. The fourth-order valence-electron chi connectivity index (χ4n) is 5.40. The van der Waals surface area contributed by atoms with Gasteiger partial charge >= 0.3 is 0 Å². The molecule has 0 radical (unpaired) electrons. The van der Waals surface area contributed by atoms with Gasteiger partial charge in [0.25, 0.3) is 11.5 Å². The third kappa shape index (κ3) is 6.36. The van der Waals surface area contributed by atoms with Crippen LogP contribution in [0.3, 0.4) is 0 Å². The second-order valence-corrected chi connectivity index (χ2v) is 10.9. The van der Waals surface area contributed by atoms with E-state index in [4.69, 9.17) is 5.11 Å². The molecule has 1 amide bonds. The maximum Gasteiger partial charge on any atom is 0.258 e. The predicted molar refractivity (Wildman–Crippen MR) is 164 cm³/mol. The first-order valence-electron chi connectivity index (χ1n) is 14.2. The lowest BCUT2D eigenvalue weighted by Gasteiger charge is -2.34. The van der Waals surface area contributed by atoms with Gasteiger partial charge in [0.15, 0.2) is 0 Å². The van der Waals surface area contributed by atoms with Gasteiger partial charge in [0.1, 0.15) is 0 Å². The van der Waals surface area contributed by atoms with Crippen molar-refractivity contribution >= 4 is 22.5 Å². The Morgan fingerprint density at radius 3 is 2.52 bits per heavy atom. The summed E-state index contributed by atoms with van der Waals surface area (Å²) in [6.07, 6.45) is 4.76. The van der Waals surface area contributed by atoms with Crippen LogP contribution in [0.2, 0.25) is 0 Å². The predicted octanol–water partition coefficient (Wildman–Crippen LogP) is 3.44. The van der Waals surface area contributed by atoms with E-state index in [2.05, 4.69) is 54.4 Å². The zero-order valence-corrected chi connectivity index (χ0v) is 23.6. The second kappa shape index (κ2) is 12.2. The van der Waals surface area contributed by atoms with E-state index >= 15 is 0 Å². The number of fused-ring (bicyclic) bond motifs is 1. The van der Waals surface area contributed by atoms with Crippen LogP contribution in [0.1, 0.15) is 27.0 Å². The average molecular weight is 566 g/mol. The standard InChI is InChI=1S/C32H35N7O3/c1-22-2-4-23(5-3-22)20-39-21-26(17-34-39)31(41)35-27-16-28(32(42)33-18-27)30-15-25-14-24(6-7-29(25)36-30)19-38-10-8-37(9-11-38)12-13-40/h2-7,14-18,21,36,40H,8-13,19-20H2,1H3,(H,33,42)(H,35,41). The molecule has 0 aliphatic carbocycles. The quantitative estimate of drug-likeness (QED) is 0.217. The number of piperazine rings is 1. The zero-order valence-electron chi connectivity index (χ0n) is 23.6. The summed E-state index contributed by atoms with van der Waals surface area (Å²) in [6, 6.07) is 18.2. The van der Waals surface area contributed by atoms with E-state index in [0.717, 1.165) is 55.7 Å². The van der Waals surface area contributed by atoms with Crippen molar-refractivity contribution < 1.29 is 9.90 Å². The van der Waals surface area contributed by atoms with Crippen molar-refractivity contribution in [1.82, 2.24) is 29.5 Å². The maximum absolute atomic E-state index is 13.0. The first kappa shape index (κ1) is 27.6. The number of β-amino-alcohol motifs (C(OH)–C–C–N with tert-alkyl or cyclic N) is 1. The Kier molecular flexibility index (Phi) is 8.00. The molecule has 0 atom stereocenters. The molecule has 6 rings (SSSR count). The minimum atomic E-state index is -0.304. The number of pyridine rings is 1. The lowest BCUT2D eigenvalue weighted by atomic mass is 10.1. The summed E-state index contributed by atoms with van der Waals surface area (Å²) in [7, 11) is 0. The van der Waals surface area contributed by atoms with Crippen molar-refractivity contribution in [1.29, 1.82) is 0 Å². The highest BCUT2D eigenvalue weighted by Crippen LogP contribution is 2.25. The van der Waals surface area contributed by atoms with Gasteiger partial charge < -0.3 is 20.4 Å². The highest BCUT2D eigenvalue weighted by molar-refractivity contribution is 6.04. The van der Waals surface area contributed by atoms with Gasteiger partial charge in [-0.05, 0) is 42.3 Å². The van der Waals surface area contributed by atoms with Gasteiger partial charge in [0, 0.05) is 62.6 Å². The molecule has 216 valence electrons. The van der Waals surface area contributed by atoms with Crippen molar-refractivity contribution in [2.24, 2.45) is 0 Å². The number of aliphatic hydroxyl groups is 1. The van der Waals surface area contributed by atoms with Gasteiger partial charge in [-0.3, -0.25) is 24.1 Å². The molecule has 4 N–H and O–H groups in total. The number of rotatable bonds is 9. The molecule has 5 aromatic rings. The number of aryl methyl sites for hydroxylation is 1. The molecule has 1 aliphatic heterocycles. The molecule has 0 bridgehead atoms. The first-order chi connectivity index (χ1) is 20.4. The van der Waals surface area contributed by atoms with Crippen LogP contribution in [0.5, 0.6) is 0 Å². The largest absolute Gasteiger partial charge is 0.395 e. The lowest BCUT2D eigenvalue weighted by molar-refractivity contribution is 0.102. The number of aromatic nitrogens is 4.